The Morgan fingerprint density at radius 3 is 2.44 bits per heavy atom. The number of nitrogens with zero attached hydrogens (tertiary/aromatic N) is 4. The number of benzene rings is 2. The van der Waals surface area contributed by atoms with Crippen molar-refractivity contribution in [3.05, 3.63) is 47.0 Å². The summed E-state index contributed by atoms with van der Waals surface area (Å²) in [5, 5.41) is 4.22. The molecule has 1 fully saturated rings. The molecule has 2 aromatic heterocycles. The van der Waals surface area contributed by atoms with Gasteiger partial charge in [0.25, 0.3) is 5.91 Å². The molecule has 36 heavy (non-hydrogen) atoms. The number of ether oxygens (including phenoxy) is 1. The monoisotopic (exact) mass is 545 g/mol. The molecule has 2 aromatic carbocycles. The van der Waals surface area contributed by atoms with Gasteiger partial charge in [-0.25, -0.2) is 23.2 Å². The van der Waals surface area contributed by atoms with E-state index in [1.165, 1.54) is 44.8 Å². The molecule has 1 aliphatic rings. The zero-order valence-corrected chi connectivity index (χ0v) is 22.0. The molecule has 0 aliphatic carbocycles. The maximum absolute atomic E-state index is 13.0. The van der Waals surface area contributed by atoms with E-state index in [1.54, 1.807) is 18.3 Å². The number of carbonyl (C=O) groups is 2. The van der Waals surface area contributed by atoms with E-state index < -0.39 is 16.1 Å². The average Bonchev–Trinajstić information content (AvgIpc) is 3.46. The Bertz CT molecular complexity index is 1550. The number of piperazine rings is 1. The van der Waals surface area contributed by atoms with Crippen molar-refractivity contribution < 1.29 is 22.7 Å². The Kier molecular flexibility index (Phi) is 6.64. The highest BCUT2D eigenvalue weighted by Crippen LogP contribution is 2.34. The summed E-state index contributed by atoms with van der Waals surface area (Å²) in [5.74, 6) is -0.383. The summed E-state index contributed by atoms with van der Waals surface area (Å²) in [7, 11) is -3.75. The molecule has 5 rings (SSSR count). The average molecular weight is 546 g/mol. The van der Waals surface area contributed by atoms with Gasteiger partial charge in [0.15, 0.2) is 5.13 Å². The van der Waals surface area contributed by atoms with Gasteiger partial charge in [-0.15, -0.1) is 11.3 Å². The number of anilines is 1. The number of carbonyl (C=O) groups excluding carboxylic acids is 2. The molecule has 13 heteroatoms. The summed E-state index contributed by atoms with van der Waals surface area (Å²) in [5.41, 5.74) is 1.96. The number of fused-ring (bicyclic) bond motifs is 3. The van der Waals surface area contributed by atoms with Crippen LogP contribution >= 0.6 is 22.7 Å². The summed E-state index contributed by atoms with van der Waals surface area (Å²) in [6.07, 6.45) is -0.441. The molecule has 0 unspecified atom stereocenters. The van der Waals surface area contributed by atoms with Crippen LogP contribution in [0.4, 0.5) is 9.93 Å². The van der Waals surface area contributed by atoms with Gasteiger partial charge in [0.1, 0.15) is 5.52 Å². The van der Waals surface area contributed by atoms with Crippen LogP contribution in [0.25, 0.3) is 20.4 Å². The zero-order chi connectivity index (χ0) is 25.4. The van der Waals surface area contributed by atoms with Crippen molar-refractivity contribution in [1.82, 2.24) is 19.2 Å². The maximum Gasteiger partial charge on any atom is 0.409 e. The van der Waals surface area contributed by atoms with Gasteiger partial charge >= 0.3 is 6.09 Å². The van der Waals surface area contributed by atoms with Crippen molar-refractivity contribution in [3.63, 3.8) is 0 Å². The van der Waals surface area contributed by atoms with Gasteiger partial charge in [0.2, 0.25) is 10.0 Å². The quantitative estimate of drug-likeness (QED) is 0.403. The molecule has 1 N–H and O–H groups in total. The van der Waals surface area contributed by atoms with Crippen LogP contribution in [-0.2, 0) is 14.8 Å². The van der Waals surface area contributed by atoms with Crippen LogP contribution in [0.1, 0.15) is 22.3 Å². The molecule has 0 bridgehead atoms. The summed E-state index contributed by atoms with van der Waals surface area (Å²) < 4.78 is 34.4. The number of hydrogen-bond acceptors (Lipinski definition) is 9. The number of amides is 2. The van der Waals surface area contributed by atoms with Crippen LogP contribution in [0.2, 0.25) is 0 Å². The van der Waals surface area contributed by atoms with Gasteiger partial charge in [-0.2, -0.15) is 4.31 Å². The highest BCUT2D eigenvalue weighted by atomic mass is 32.2. The predicted octanol–water partition coefficient (Wildman–Crippen LogP) is 3.93. The largest absolute Gasteiger partial charge is 0.450 e. The standard InChI is InChI=1S/C23H23N5O5S3/c1-3-33-23(30)27-10-12-28(13-11-27)36(31,32)16-6-4-15(5-7-16)21(29)26-22-25-17-8-9-18-19(20(17)35-22)24-14(2)34-18/h4-9H,3,10-13H2,1-2H3,(H,25,26,29). The first-order chi connectivity index (χ1) is 17.3. The molecule has 0 saturated carbocycles. The third-order valence-electron chi connectivity index (χ3n) is 5.76. The van der Waals surface area contributed by atoms with Gasteiger partial charge < -0.3 is 9.64 Å². The third kappa shape index (κ3) is 4.66. The molecule has 4 aromatic rings. The first-order valence-corrected chi connectivity index (χ1v) is 14.3. The Labute approximate surface area is 215 Å². The molecule has 0 radical (unpaired) electrons. The molecule has 1 aliphatic heterocycles. The number of hydrogen-bond donors (Lipinski definition) is 1. The van der Waals surface area contributed by atoms with Gasteiger partial charge in [-0.3, -0.25) is 10.1 Å². The Morgan fingerprint density at radius 1 is 1.03 bits per heavy atom. The van der Waals surface area contributed by atoms with Gasteiger partial charge in [-0.1, -0.05) is 11.3 Å². The summed E-state index contributed by atoms with van der Waals surface area (Å²) >= 11 is 2.96. The van der Waals surface area contributed by atoms with E-state index in [2.05, 4.69) is 15.3 Å². The van der Waals surface area contributed by atoms with Crippen LogP contribution < -0.4 is 5.32 Å². The fraction of sp³-hybridized carbons (Fsp3) is 0.304. The van der Waals surface area contributed by atoms with Crippen molar-refractivity contribution in [3.8, 4) is 0 Å². The van der Waals surface area contributed by atoms with Crippen molar-refractivity contribution in [2.45, 2.75) is 18.7 Å². The minimum Gasteiger partial charge on any atom is -0.450 e. The van der Waals surface area contributed by atoms with Crippen LogP contribution in [0.5, 0.6) is 0 Å². The van der Waals surface area contributed by atoms with Crippen molar-refractivity contribution >= 4 is 70.3 Å². The fourth-order valence-corrected chi connectivity index (χ4v) is 7.24. The Hall–Kier alpha value is -3.13. The van der Waals surface area contributed by atoms with E-state index in [9.17, 15) is 18.0 Å². The van der Waals surface area contributed by atoms with Crippen molar-refractivity contribution in [1.29, 1.82) is 0 Å². The van der Waals surface area contributed by atoms with E-state index >= 15 is 0 Å². The topological polar surface area (TPSA) is 122 Å². The number of aryl methyl sites for hydroxylation is 1. The molecule has 0 atom stereocenters. The lowest BCUT2D eigenvalue weighted by molar-refractivity contribution is 0.0933. The molecule has 3 heterocycles. The Morgan fingerprint density at radius 2 is 1.75 bits per heavy atom. The van der Waals surface area contributed by atoms with Gasteiger partial charge in [-0.05, 0) is 50.2 Å². The molecular formula is C23H23N5O5S3. The zero-order valence-electron chi connectivity index (χ0n) is 19.6. The molecule has 1 saturated heterocycles. The lowest BCUT2D eigenvalue weighted by atomic mass is 10.2. The van der Waals surface area contributed by atoms with E-state index in [0.29, 0.717) is 10.7 Å². The van der Waals surface area contributed by atoms with E-state index in [-0.39, 0.29) is 43.6 Å². The van der Waals surface area contributed by atoms with Crippen LogP contribution in [0.15, 0.2) is 41.3 Å². The molecule has 0 spiro atoms. The van der Waals surface area contributed by atoms with Crippen molar-refractivity contribution in [2.24, 2.45) is 0 Å². The van der Waals surface area contributed by atoms with E-state index in [1.807, 2.05) is 19.1 Å². The fourth-order valence-electron chi connectivity index (χ4n) is 3.96. The highest BCUT2D eigenvalue weighted by Gasteiger charge is 2.30. The third-order valence-corrected chi connectivity index (χ3v) is 9.60. The highest BCUT2D eigenvalue weighted by molar-refractivity contribution is 7.89. The lowest BCUT2D eigenvalue weighted by Crippen LogP contribution is -2.50. The predicted molar refractivity (Wildman–Crippen MR) is 139 cm³/mol. The summed E-state index contributed by atoms with van der Waals surface area (Å²) in [6, 6.07) is 9.68. The number of sulfonamides is 1. The SMILES string of the molecule is CCOC(=O)N1CCN(S(=O)(=O)c2ccc(C(=O)Nc3nc4ccc5sc(C)nc5c4s3)cc2)CC1. The molecule has 188 valence electrons. The molecule has 2 amide bonds. The van der Waals surface area contributed by atoms with Crippen LogP contribution in [0.3, 0.4) is 0 Å². The number of nitrogens with one attached hydrogen (secondary N) is 1. The number of rotatable bonds is 5. The normalized spacial score (nSPS) is 14.9. The smallest absolute Gasteiger partial charge is 0.409 e. The minimum atomic E-state index is -3.75. The van der Waals surface area contributed by atoms with Crippen LogP contribution in [0, 0.1) is 6.92 Å². The summed E-state index contributed by atoms with van der Waals surface area (Å²) in [4.78, 5) is 35.3. The lowest BCUT2D eigenvalue weighted by Gasteiger charge is -2.33. The van der Waals surface area contributed by atoms with Crippen molar-refractivity contribution in [2.75, 3.05) is 38.1 Å². The maximum atomic E-state index is 13.0. The molecular weight excluding hydrogens is 522 g/mol. The second kappa shape index (κ2) is 9.73. The van der Waals surface area contributed by atoms with Gasteiger partial charge in [0.05, 0.1) is 31.4 Å². The second-order valence-electron chi connectivity index (χ2n) is 8.08. The Balaban J connectivity index is 1.27. The van der Waals surface area contributed by atoms with Gasteiger partial charge in [0, 0.05) is 31.7 Å². The summed E-state index contributed by atoms with van der Waals surface area (Å²) in [6.45, 7) is 4.81. The first kappa shape index (κ1) is 24.6. The first-order valence-electron chi connectivity index (χ1n) is 11.3. The molecule has 10 nitrogen and oxygen atoms in total. The number of thiazole rings is 2. The second-order valence-corrected chi connectivity index (χ2v) is 12.3. The number of aromatic nitrogens is 2. The minimum absolute atomic E-state index is 0.0879. The van der Waals surface area contributed by atoms with E-state index in [0.717, 1.165) is 25.4 Å². The van der Waals surface area contributed by atoms with E-state index in [4.69, 9.17) is 4.74 Å². The van der Waals surface area contributed by atoms with Crippen LogP contribution in [-0.4, -0.2) is 72.4 Å².